The van der Waals surface area contributed by atoms with Crippen LogP contribution in [-0.2, 0) is 13.0 Å². The molecular weight excluding hydrogens is 471 g/mol. The lowest BCUT2D eigenvalue weighted by atomic mass is 10.1. The first-order chi connectivity index (χ1) is 18.0. The Kier molecular flexibility index (Phi) is 8.15. The highest BCUT2D eigenvalue weighted by molar-refractivity contribution is 6.02. The van der Waals surface area contributed by atoms with Crippen LogP contribution in [0.5, 0.6) is 17.2 Å². The molecule has 0 bridgehead atoms. The van der Waals surface area contributed by atoms with Crippen molar-refractivity contribution < 1.29 is 23.4 Å². The summed E-state index contributed by atoms with van der Waals surface area (Å²) in [7, 11) is 3.07. The predicted molar refractivity (Wildman–Crippen MR) is 143 cm³/mol. The van der Waals surface area contributed by atoms with E-state index in [-0.39, 0.29) is 12.4 Å². The Bertz CT molecular complexity index is 1450. The molecule has 4 aromatic rings. The molecule has 0 saturated carbocycles. The highest BCUT2D eigenvalue weighted by atomic mass is 19.1. The van der Waals surface area contributed by atoms with Crippen LogP contribution >= 0.6 is 0 Å². The summed E-state index contributed by atoms with van der Waals surface area (Å²) in [6, 6.07) is 21.1. The summed E-state index contributed by atoms with van der Waals surface area (Å²) in [5, 5.41) is 6.04. The Labute approximate surface area is 215 Å². The summed E-state index contributed by atoms with van der Waals surface area (Å²) in [6.45, 7) is 4.07. The van der Waals surface area contributed by atoms with Gasteiger partial charge in [-0.15, -0.1) is 6.58 Å². The van der Waals surface area contributed by atoms with Gasteiger partial charge in [0.05, 0.1) is 26.0 Å². The molecule has 4 aromatic carbocycles. The largest absolute Gasteiger partial charge is 0.496 e. The van der Waals surface area contributed by atoms with E-state index in [4.69, 9.17) is 14.2 Å². The third kappa shape index (κ3) is 6.13. The van der Waals surface area contributed by atoms with Crippen molar-refractivity contribution in [2.24, 2.45) is 5.10 Å². The average Bonchev–Trinajstić information content (AvgIpc) is 2.92. The molecule has 1 amide bonds. The maximum atomic E-state index is 13.2. The van der Waals surface area contributed by atoms with Gasteiger partial charge in [-0.05, 0) is 64.7 Å². The van der Waals surface area contributed by atoms with Crippen molar-refractivity contribution in [1.82, 2.24) is 5.43 Å². The number of hydrazone groups is 1. The van der Waals surface area contributed by atoms with Crippen LogP contribution in [0.4, 0.5) is 4.39 Å². The second-order valence-electron chi connectivity index (χ2n) is 8.22. The minimum Gasteiger partial charge on any atom is -0.496 e. The Balaban J connectivity index is 1.53. The van der Waals surface area contributed by atoms with Crippen LogP contribution in [0.2, 0.25) is 0 Å². The van der Waals surface area contributed by atoms with E-state index in [2.05, 4.69) is 17.1 Å². The van der Waals surface area contributed by atoms with E-state index >= 15 is 0 Å². The number of ether oxygens (including phenoxy) is 3. The number of carbonyl (C=O) groups is 1. The average molecular weight is 499 g/mol. The fraction of sp³-hybridized carbons (Fsp3) is 0.133. The number of hydrogen-bond acceptors (Lipinski definition) is 5. The van der Waals surface area contributed by atoms with Crippen molar-refractivity contribution >= 4 is 22.9 Å². The van der Waals surface area contributed by atoms with Gasteiger partial charge in [-0.1, -0.05) is 42.5 Å². The van der Waals surface area contributed by atoms with Gasteiger partial charge in [-0.3, -0.25) is 4.79 Å². The van der Waals surface area contributed by atoms with Crippen LogP contribution < -0.4 is 19.6 Å². The predicted octanol–water partition coefficient (Wildman–Crippen LogP) is 6.07. The molecule has 7 heteroatoms. The number of benzene rings is 4. The van der Waals surface area contributed by atoms with Crippen LogP contribution in [-0.4, -0.2) is 26.3 Å². The van der Waals surface area contributed by atoms with Gasteiger partial charge in [0.2, 0.25) is 0 Å². The molecule has 188 valence electrons. The second kappa shape index (κ2) is 11.9. The molecule has 1 N–H and O–H groups in total. The minimum atomic E-state index is -0.392. The van der Waals surface area contributed by atoms with Crippen molar-refractivity contribution in [3.8, 4) is 17.2 Å². The zero-order valence-corrected chi connectivity index (χ0v) is 20.7. The molecule has 0 unspecified atom stereocenters. The molecule has 0 aliphatic heterocycles. The van der Waals surface area contributed by atoms with Crippen molar-refractivity contribution in [2.45, 2.75) is 13.0 Å². The summed E-state index contributed by atoms with van der Waals surface area (Å²) in [5.74, 6) is 0.836. The number of nitrogens with one attached hydrogen (secondary N) is 1. The number of nitrogens with zero attached hydrogens (tertiary/aromatic N) is 1. The molecule has 0 heterocycles. The number of fused-ring (bicyclic) bond motifs is 1. The Morgan fingerprint density at radius 2 is 1.68 bits per heavy atom. The standard InChI is InChI=1S/C30H27FN2O4/c1-4-7-24-14-21(15-28(36-3)29(24)37-19-20-10-12-25(31)13-11-20)18-32-33-30(34)26-16-22-8-5-6-9-23(22)17-27(26)35-2/h4-6,8-18H,1,7,19H2,2-3H3,(H,33,34)/b32-18-. The highest BCUT2D eigenvalue weighted by Crippen LogP contribution is 2.34. The minimum absolute atomic E-state index is 0.248. The topological polar surface area (TPSA) is 69.2 Å². The third-order valence-electron chi connectivity index (χ3n) is 5.73. The maximum Gasteiger partial charge on any atom is 0.275 e. The fourth-order valence-electron chi connectivity index (χ4n) is 3.91. The van der Waals surface area contributed by atoms with Gasteiger partial charge in [0.25, 0.3) is 5.91 Å². The van der Waals surface area contributed by atoms with Gasteiger partial charge in [0.1, 0.15) is 18.2 Å². The first-order valence-corrected chi connectivity index (χ1v) is 11.6. The fourth-order valence-corrected chi connectivity index (χ4v) is 3.91. The second-order valence-corrected chi connectivity index (χ2v) is 8.22. The molecule has 0 saturated heterocycles. The van der Waals surface area contributed by atoms with Crippen molar-refractivity contribution in [3.05, 3.63) is 114 Å². The number of amides is 1. The van der Waals surface area contributed by atoms with Gasteiger partial charge in [-0.2, -0.15) is 5.10 Å². The van der Waals surface area contributed by atoms with E-state index in [9.17, 15) is 9.18 Å². The van der Waals surface area contributed by atoms with Crippen molar-refractivity contribution in [3.63, 3.8) is 0 Å². The van der Waals surface area contributed by atoms with E-state index in [1.807, 2.05) is 36.4 Å². The summed E-state index contributed by atoms with van der Waals surface area (Å²) in [6.07, 6.45) is 3.82. The Morgan fingerprint density at radius 1 is 0.973 bits per heavy atom. The van der Waals surface area contributed by atoms with Crippen LogP contribution in [0, 0.1) is 5.82 Å². The molecule has 0 aromatic heterocycles. The van der Waals surface area contributed by atoms with Crippen LogP contribution in [0.25, 0.3) is 10.8 Å². The number of carbonyl (C=O) groups excluding carboxylic acids is 1. The summed E-state index contributed by atoms with van der Waals surface area (Å²) in [5.41, 5.74) is 5.31. The van der Waals surface area contributed by atoms with E-state index < -0.39 is 5.91 Å². The monoisotopic (exact) mass is 498 g/mol. The first-order valence-electron chi connectivity index (χ1n) is 11.6. The van der Waals surface area contributed by atoms with Gasteiger partial charge < -0.3 is 14.2 Å². The van der Waals surface area contributed by atoms with Gasteiger partial charge in [0.15, 0.2) is 11.5 Å². The zero-order valence-electron chi connectivity index (χ0n) is 20.7. The highest BCUT2D eigenvalue weighted by Gasteiger charge is 2.15. The summed E-state index contributed by atoms with van der Waals surface area (Å²) >= 11 is 0. The van der Waals surface area contributed by atoms with Gasteiger partial charge in [0, 0.05) is 5.56 Å². The molecule has 4 rings (SSSR count). The number of rotatable bonds is 10. The summed E-state index contributed by atoms with van der Waals surface area (Å²) in [4.78, 5) is 12.9. The van der Waals surface area contributed by atoms with E-state index in [0.29, 0.717) is 34.8 Å². The molecule has 0 atom stereocenters. The first kappa shape index (κ1) is 25.4. The lowest BCUT2D eigenvalue weighted by molar-refractivity contribution is 0.0952. The molecule has 0 radical (unpaired) electrons. The smallest absolute Gasteiger partial charge is 0.275 e. The number of hydrogen-bond donors (Lipinski definition) is 1. The molecular formula is C30H27FN2O4. The zero-order chi connectivity index (χ0) is 26.2. The lowest BCUT2D eigenvalue weighted by Crippen LogP contribution is -2.18. The normalized spacial score (nSPS) is 10.9. The van der Waals surface area contributed by atoms with E-state index in [1.54, 1.807) is 37.5 Å². The summed E-state index contributed by atoms with van der Waals surface area (Å²) < 4.78 is 30.2. The number of allylic oxidation sites excluding steroid dienone is 1. The van der Waals surface area contributed by atoms with E-state index in [1.165, 1.54) is 25.5 Å². The molecule has 37 heavy (non-hydrogen) atoms. The number of halogens is 1. The SMILES string of the molecule is C=CCc1cc(/C=N\NC(=O)c2cc3ccccc3cc2OC)cc(OC)c1OCc1ccc(F)cc1. The van der Waals surface area contributed by atoms with Gasteiger partial charge >= 0.3 is 0 Å². The van der Waals surface area contributed by atoms with Crippen LogP contribution in [0.1, 0.15) is 27.0 Å². The Morgan fingerprint density at radius 3 is 2.35 bits per heavy atom. The maximum absolute atomic E-state index is 13.2. The quantitative estimate of drug-likeness (QED) is 0.164. The van der Waals surface area contributed by atoms with Crippen LogP contribution in [0.3, 0.4) is 0 Å². The molecule has 0 fully saturated rings. The number of methoxy groups -OCH3 is 2. The van der Waals surface area contributed by atoms with Crippen molar-refractivity contribution in [2.75, 3.05) is 14.2 Å². The van der Waals surface area contributed by atoms with Gasteiger partial charge in [-0.25, -0.2) is 9.82 Å². The Hall–Kier alpha value is -4.65. The molecule has 0 spiro atoms. The van der Waals surface area contributed by atoms with Crippen LogP contribution in [0.15, 0.2) is 90.6 Å². The van der Waals surface area contributed by atoms with E-state index in [0.717, 1.165) is 21.9 Å². The molecule has 0 aliphatic rings. The third-order valence-corrected chi connectivity index (χ3v) is 5.73. The molecule has 6 nitrogen and oxygen atoms in total. The molecule has 0 aliphatic carbocycles. The van der Waals surface area contributed by atoms with Crippen molar-refractivity contribution in [1.29, 1.82) is 0 Å². The lowest BCUT2D eigenvalue weighted by Gasteiger charge is -2.16.